The van der Waals surface area contributed by atoms with E-state index in [1.807, 2.05) is 6.21 Å². The molecular weight excluding hydrogens is 232 g/mol. The Morgan fingerprint density at radius 3 is 2.42 bits per heavy atom. The highest BCUT2D eigenvalue weighted by atomic mass is 14.9. The van der Waals surface area contributed by atoms with E-state index >= 15 is 0 Å². The molecule has 0 saturated heterocycles. The average molecular weight is 256 g/mol. The van der Waals surface area contributed by atoms with Crippen LogP contribution in [0.2, 0.25) is 0 Å². The minimum Gasteiger partial charge on any atom is -0.358 e. The summed E-state index contributed by atoms with van der Waals surface area (Å²) in [5.74, 6) is 0. The lowest BCUT2D eigenvalue weighted by atomic mass is 9.60. The van der Waals surface area contributed by atoms with Crippen molar-refractivity contribution in [2.45, 2.75) is 40.0 Å². The number of anilines is 1. The zero-order chi connectivity index (χ0) is 14.3. The lowest BCUT2D eigenvalue weighted by Gasteiger charge is -2.49. The van der Waals surface area contributed by atoms with E-state index in [9.17, 15) is 0 Å². The van der Waals surface area contributed by atoms with Crippen molar-refractivity contribution in [2.75, 3.05) is 12.4 Å². The molecule has 19 heavy (non-hydrogen) atoms. The van der Waals surface area contributed by atoms with Gasteiger partial charge in [-0.05, 0) is 24.1 Å². The molecule has 0 aromatic heterocycles. The summed E-state index contributed by atoms with van der Waals surface area (Å²) in [5, 5.41) is 3.62. The Labute approximate surface area is 116 Å². The Hall–Kier alpha value is -1.57. The van der Waals surface area contributed by atoms with E-state index in [1.165, 1.54) is 22.5 Å². The van der Waals surface area contributed by atoms with Crippen molar-refractivity contribution in [2.24, 2.45) is 10.4 Å². The smallest absolute Gasteiger partial charge is 0.0450 e. The molecule has 102 valence electrons. The maximum absolute atomic E-state index is 4.08. The van der Waals surface area contributed by atoms with Gasteiger partial charge in [0.2, 0.25) is 0 Å². The lowest BCUT2D eigenvalue weighted by molar-refractivity contribution is 0.244. The molecule has 0 atom stereocenters. The standard InChI is InChI=1S/C17H24N2/c1-12-8-7-9-13-15(12)19-14(10-11-18-6)17(4,5)16(13,2)3/h7-11,19H,1-6H3/b14-10-,18-11?. The Balaban J connectivity index is 2.67. The molecule has 2 nitrogen and oxygen atoms in total. The first-order chi connectivity index (χ1) is 8.82. The third kappa shape index (κ3) is 1.99. The number of nitrogens with one attached hydrogen (secondary N) is 1. The number of hydrogen-bond donors (Lipinski definition) is 1. The SMILES string of the molecule is CN=C/C=C1\Nc2c(C)cccc2C(C)(C)C1(C)C. The first-order valence-corrected chi connectivity index (χ1v) is 6.82. The molecule has 0 aliphatic carbocycles. The first kappa shape index (κ1) is 13.9. The van der Waals surface area contributed by atoms with Crippen LogP contribution in [0.15, 0.2) is 35.0 Å². The van der Waals surface area contributed by atoms with Gasteiger partial charge >= 0.3 is 0 Å². The maximum atomic E-state index is 4.08. The van der Waals surface area contributed by atoms with Crippen molar-refractivity contribution in [3.05, 3.63) is 41.1 Å². The quantitative estimate of drug-likeness (QED) is 0.744. The molecule has 2 heteroatoms. The summed E-state index contributed by atoms with van der Waals surface area (Å²) in [6, 6.07) is 6.55. The zero-order valence-electron chi connectivity index (χ0n) is 12.8. The average Bonchev–Trinajstić information content (AvgIpc) is 2.34. The summed E-state index contributed by atoms with van der Waals surface area (Å²) >= 11 is 0. The second kappa shape index (κ2) is 4.52. The van der Waals surface area contributed by atoms with E-state index in [0.717, 1.165) is 0 Å². The van der Waals surface area contributed by atoms with E-state index in [4.69, 9.17) is 0 Å². The summed E-state index contributed by atoms with van der Waals surface area (Å²) in [6.45, 7) is 11.4. The number of para-hydroxylation sites is 1. The molecule has 1 aliphatic rings. The summed E-state index contributed by atoms with van der Waals surface area (Å²) in [6.07, 6.45) is 3.96. The number of rotatable bonds is 1. The monoisotopic (exact) mass is 256 g/mol. The van der Waals surface area contributed by atoms with E-state index in [1.54, 1.807) is 7.05 Å². The summed E-state index contributed by atoms with van der Waals surface area (Å²) in [5.41, 5.74) is 5.28. The van der Waals surface area contributed by atoms with Gasteiger partial charge in [0, 0.05) is 35.5 Å². The van der Waals surface area contributed by atoms with Gasteiger partial charge < -0.3 is 5.32 Å². The fourth-order valence-corrected chi connectivity index (χ4v) is 2.72. The van der Waals surface area contributed by atoms with Crippen molar-refractivity contribution in [1.82, 2.24) is 0 Å². The predicted octanol–water partition coefficient (Wildman–Crippen LogP) is 4.31. The van der Waals surface area contributed by atoms with Crippen LogP contribution >= 0.6 is 0 Å². The van der Waals surface area contributed by atoms with E-state index in [-0.39, 0.29) is 10.8 Å². The van der Waals surface area contributed by atoms with E-state index in [2.05, 4.69) is 69.2 Å². The van der Waals surface area contributed by atoms with Crippen molar-refractivity contribution in [3.63, 3.8) is 0 Å². The van der Waals surface area contributed by atoms with Crippen molar-refractivity contribution >= 4 is 11.9 Å². The van der Waals surface area contributed by atoms with Crippen molar-refractivity contribution in [3.8, 4) is 0 Å². The minimum absolute atomic E-state index is 0.0367. The first-order valence-electron chi connectivity index (χ1n) is 6.82. The maximum Gasteiger partial charge on any atom is 0.0450 e. The number of aliphatic imine (C=N–C) groups is 1. The van der Waals surface area contributed by atoms with Crippen molar-refractivity contribution in [1.29, 1.82) is 0 Å². The van der Waals surface area contributed by atoms with Crippen LogP contribution in [0.25, 0.3) is 0 Å². The summed E-state index contributed by atoms with van der Waals surface area (Å²) < 4.78 is 0. The van der Waals surface area contributed by atoms with Gasteiger partial charge in [-0.1, -0.05) is 45.9 Å². The highest BCUT2D eigenvalue weighted by Crippen LogP contribution is 2.52. The van der Waals surface area contributed by atoms with Crippen LogP contribution in [0, 0.1) is 12.3 Å². The Bertz CT molecular complexity index is 548. The number of allylic oxidation sites excluding steroid dienone is 2. The van der Waals surface area contributed by atoms with Crippen LogP contribution in [-0.4, -0.2) is 13.3 Å². The van der Waals surface area contributed by atoms with Crippen molar-refractivity contribution < 1.29 is 0 Å². The zero-order valence-corrected chi connectivity index (χ0v) is 12.8. The molecule has 0 radical (unpaired) electrons. The van der Waals surface area contributed by atoms with Gasteiger partial charge in [-0.25, -0.2) is 0 Å². The third-order valence-corrected chi connectivity index (χ3v) is 4.83. The van der Waals surface area contributed by atoms with E-state index < -0.39 is 0 Å². The Morgan fingerprint density at radius 2 is 1.79 bits per heavy atom. The second-order valence-corrected chi connectivity index (χ2v) is 6.36. The molecule has 0 fully saturated rings. The Kier molecular flexibility index (Phi) is 3.29. The number of fused-ring (bicyclic) bond motifs is 1. The molecule has 1 N–H and O–H groups in total. The molecule has 2 rings (SSSR count). The molecule has 1 aromatic rings. The van der Waals surface area contributed by atoms with Gasteiger partial charge in [-0.2, -0.15) is 0 Å². The number of nitrogens with zero attached hydrogens (tertiary/aromatic N) is 1. The molecule has 0 spiro atoms. The highest BCUT2D eigenvalue weighted by Gasteiger charge is 2.45. The topological polar surface area (TPSA) is 24.4 Å². The van der Waals surface area contributed by atoms with Crippen LogP contribution in [0.4, 0.5) is 5.69 Å². The van der Waals surface area contributed by atoms with Crippen LogP contribution < -0.4 is 5.32 Å². The number of hydrogen-bond acceptors (Lipinski definition) is 2. The number of benzene rings is 1. The molecule has 0 unspecified atom stereocenters. The van der Waals surface area contributed by atoms with Gasteiger partial charge in [0.15, 0.2) is 0 Å². The van der Waals surface area contributed by atoms with Crippen LogP contribution in [0.5, 0.6) is 0 Å². The molecule has 1 aliphatic heterocycles. The van der Waals surface area contributed by atoms with Gasteiger partial charge in [0.25, 0.3) is 0 Å². The third-order valence-electron chi connectivity index (χ3n) is 4.83. The molecule has 1 heterocycles. The van der Waals surface area contributed by atoms with Gasteiger partial charge in [-0.15, -0.1) is 0 Å². The summed E-state index contributed by atoms with van der Waals surface area (Å²) in [4.78, 5) is 4.08. The van der Waals surface area contributed by atoms with Crippen LogP contribution in [-0.2, 0) is 5.41 Å². The van der Waals surface area contributed by atoms with Gasteiger partial charge in [-0.3, -0.25) is 4.99 Å². The highest BCUT2D eigenvalue weighted by molar-refractivity contribution is 5.76. The molecule has 0 bridgehead atoms. The van der Waals surface area contributed by atoms with Gasteiger partial charge in [0.05, 0.1) is 0 Å². The van der Waals surface area contributed by atoms with Crippen LogP contribution in [0.3, 0.4) is 0 Å². The number of aryl methyl sites for hydroxylation is 1. The Morgan fingerprint density at radius 1 is 1.11 bits per heavy atom. The molecular formula is C17H24N2. The molecule has 0 amide bonds. The van der Waals surface area contributed by atoms with Crippen LogP contribution in [0.1, 0.15) is 38.8 Å². The molecule has 0 saturated carbocycles. The minimum atomic E-state index is 0.0367. The molecule has 1 aromatic carbocycles. The lowest BCUT2D eigenvalue weighted by Crippen LogP contribution is -2.44. The largest absolute Gasteiger partial charge is 0.358 e. The predicted molar refractivity (Wildman–Crippen MR) is 84.1 cm³/mol. The second-order valence-electron chi connectivity index (χ2n) is 6.36. The van der Waals surface area contributed by atoms with Gasteiger partial charge in [0.1, 0.15) is 0 Å². The summed E-state index contributed by atoms with van der Waals surface area (Å²) in [7, 11) is 1.80. The fourth-order valence-electron chi connectivity index (χ4n) is 2.72. The van der Waals surface area contributed by atoms with E-state index in [0.29, 0.717) is 0 Å². The normalized spacial score (nSPS) is 22.3. The fraction of sp³-hybridized carbons (Fsp3) is 0.471.